The third-order valence-corrected chi connectivity index (χ3v) is 3.78. The minimum absolute atomic E-state index is 0.370. The average molecular weight is 271 g/mol. The Bertz CT molecular complexity index is 708. The molecule has 1 aliphatic rings. The zero-order valence-electron chi connectivity index (χ0n) is 11.6. The van der Waals surface area contributed by atoms with Crippen LogP contribution in [0.15, 0.2) is 24.3 Å². The number of aromatic amines is 1. The summed E-state index contributed by atoms with van der Waals surface area (Å²) in [5, 5.41) is 10.1. The number of carboxylic acid groups (broad SMARTS) is 1. The fourth-order valence-electron chi connectivity index (χ4n) is 2.73. The molecule has 4 nitrogen and oxygen atoms in total. The molecule has 1 aromatic carbocycles. The molecule has 1 aromatic heterocycles. The lowest BCUT2D eigenvalue weighted by Gasteiger charge is -2.07. The lowest BCUT2D eigenvalue weighted by molar-refractivity contribution is -0.131. The molecule has 2 aromatic rings. The Kier molecular flexibility index (Phi) is 3.01. The van der Waals surface area contributed by atoms with Crippen molar-refractivity contribution in [1.29, 1.82) is 0 Å². The molecule has 20 heavy (non-hydrogen) atoms. The zero-order chi connectivity index (χ0) is 14.3. The van der Waals surface area contributed by atoms with Gasteiger partial charge in [-0.1, -0.05) is 0 Å². The fraction of sp³-hybridized carbons (Fsp3) is 0.312. The molecule has 1 saturated carbocycles. The molecule has 1 heterocycles. The molecule has 1 fully saturated rings. The molecule has 104 valence electrons. The number of carboxylic acids is 1. The van der Waals surface area contributed by atoms with Crippen molar-refractivity contribution >= 4 is 22.4 Å². The Hall–Kier alpha value is -2.23. The molecule has 2 N–H and O–H groups in total. The summed E-state index contributed by atoms with van der Waals surface area (Å²) in [5.41, 5.74) is 3.96. The number of allylic oxidation sites excluding steroid dienone is 1. The van der Waals surface area contributed by atoms with Gasteiger partial charge in [-0.05, 0) is 49.5 Å². The van der Waals surface area contributed by atoms with Gasteiger partial charge in [0.05, 0.1) is 7.11 Å². The Morgan fingerprint density at radius 1 is 1.45 bits per heavy atom. The highest BCUT2D eigenvalue weighted by atomic mass is 16.5. The summed E-state index contributed by atoms with van der Waals surface area (Å²) in [7, 11) is 1.63. The topological polar surface area (TPSA) is 62.3 Å². The molecule has 0 atom stereocenters. The van der Waals surface area contributed by atoms with E-state index in [0.717, 1.165) is 46.3 Å². The van der Waals surface area contributed by atoms with E-state index in [-0.39, 0.29) is 0 Å². The van der Waals surface area contributed by atoms with E-state index in [1.807, 2.05) is 25.1 Å². The number of nitrogens with one attached hydrogen (secondary N) is 1. The summed E-state index contributed by atoms with van der Waals surface area (Å²) < 4.78 is 5.27. The van der Waals surface area contributed by atoms with Gasteiger partial charge in [0, 0.05) is 28.2 Å². The SMILES string of the molecule is COc1ccc2[nH]c(C)c(/C(=C/C(=O)O)C3CC3)c2c1. The number of fused-ring (bicyclic) bond motifs is 1. The number of aryl methyl sites for hydroxylation is 1. The normalized spacial score (nSPS) is 15.6. The standard InChI is InChI=1S/C16H17NO3/c1-9-16(12(8-15(18)19)10-3-4-10)13-7-11(20-2)5-6-14(13)17-9/h5-8,10,17H,3-4H2,1-2H3,(H,18,19)/b12-8+. The maximum atomic E-state index is 11.1. The summed E-state index contributed by atoms with van der Waals surface area (Å²) >= 11 is 0. The number of carbonyl (C=O) groups is 1. The number of aromatic nitrogens is 1. The third-order valence-electron chi connectivity index (χ3n) is 3.78. The molecule has 0 spiro atoms. The van der Waals surface area contributed by atoms with E-state index < -0.39 is 5.97 Å². The molecule has 3 rings (SSSR count). The maximum Gasteiger partial charge on any atom is 0.328 e. The van der Waals surface area contributed by atoms with E-state index in [0.29, 0.717) is 5.92 Å². The van der Waals surface area contributed by atoms with Crippen LogP contribution < -0.4 is 4.74 Å². The van der Waals surface area contributed by atoms with Crippen molar-refractivity contribution in [3.05, 3.63) is 35.5 Å². The molecule has 0 radical (unpaired) electrons. The van der Waals surface area contributed by atoms with Gasteiger partial charge in [0.1, 0.15) is 5.75 Å². The Balaban J connectivity index is 2.22. The van der Waals surface area contributed by atoms with Crippen molar-refractivity contribution < 1.29 is 14.6 Å². The van der Waals surface area contributed by atoms with Crippen molar-refractivity contribution in [3.63, 3.8) is 0 Å². The van der Waals surface area contributed by atoms with Crippen LogP contribution in [0.4, 0.5) is 0 Å². The number of hydrogen-bond acceptors (Lipinski definition) is 2. The Morgan fingerprint density at radius 3 is 2.80 bits per heavy atom. The summed E-state index contributed by atoms with van der Waals surface area (Å²) in [4.78, 5) is 14.4. The van der Waals surface area contributed by atoms with Crippen LogP contribution in [0.1, 0.15) is 24.1 Å². The first kappa shape index (κ1) is 12.8. The molecule has 0 unspecified atom stereocenters. The summed E-state index contributed by atoms with van der Waals surface area (Å²) in [6, 6.07) is 5.84. The third kappa shape index (κ3) is 2.18. The molecular weight excluding hydrogens is 254 g/mol. The monoisotopic (exact) mass is 271 g/mol. The van der Waals surface area contributed by atoms with Crippen molar-refractivity contribution in [3.8, 4) is 5.75 Å². The van der Waals surface area contributed by atoms with E-state index in [9.17, 15) is 4.79 Å². The van der Waals surface area contributed by atoms with Crippen LogP contribution in [0, 0.1) is 12.8 Å². The van der Waals surface area contributed by atoms with Gasteiger partial charge in [-0.15, -0.1) is 0 Å². The lowest BCUT2D eigenvalue weighted by Crippen LogP contribution is -1.95. The van der Waals surface area contributed by atoms with Gasteiger partial charge in [0.2, 0.25) is 0 Å². The smallest absolute Gasteiger partial charge is 0.328 e. The predicted molar refractivity (Wildman–Crippen MR) is 77.9 cm³/mol. The van der Waals surface area contributed by atoms with Gasteiger partial charge in [0.15, 0.2) is 0 Å². The number of rotatable bonds is 4. The first-order valence-electron chi connectivity index (χ1n) is 6.71. The quantitative estimate of drug-likeness (QED) is 0.838. The van der Waals surface area contributed by atoms with Crippen molar-refractivity contribution in [1.82, 2.24) is 4.98 Å². The van der Waals surface area contributed by atoms with E-state index in [1.165, 1.54) is 6.08 Å². The van der Waals surface area contributed by atoms with Crippen LogP contribution in [0.3, 0.4) is 0 Å². The van der Waals surface area contributed by atoms with E-state index in [4.69, 9.17) is 9.84 Å². The van der Waals surface area contributed by atoms with Crippen LogP contribution in [0.25, 0.3) is 16.5 Å². The van der Waals surface area contributed by atoms with Gasteiger partial charge in [0.25, 0.3) is 0 Å². The minimum Gasteiger partial charge on any atom is -0.497 e. The summed E-state index contributed by atoms with van der Waals surface area (Å²) in [6.45, 7) is 1.99. The highest BCUT2D eigenvalue weighted by Crippen LogP contribution is 2.45. The van der Waals surface area contributed by atoms with Gasteiger partial charge >= 0.3 is 5.97 Å². The first-order chi connectivity index (χ1) is 9.60. The molecule has 4 heteroatoms. The van der Waals surface area contributed by atoms with E-state index in [1.54, 1.807) is 7.11 Å². The van der Waals surface area contributed by atoms with Crippen molar-refractivity contribution in [2.75, 3.05) is 7.11 Å². The number of aliphatic carboxylic acids is 1. The highest BCUT2D eigenvalue weighted by molar-refractivity contribution is 6.00. The zero-order valence-corrected chi connectivity index (χ0v) is 11.6. The van der Waals surface area contributed by atoms with E-state index >= 15 is 0 Å². The number of benzene rings is 1. The van der Waals surface area contributed by atoms with Crippen LogP contribution in [0.2, 0.25) is 0 Å². The van der Waals surface area contributed by atoms with Crippen LogP contribution in [0.5, 0.6) is 5.75 Å². The predicted octanol–water partition coefficient (Wildman–Crippen LogP) is 3.36. The Labute approximate surface area is 117 Å². The van der Waals surface area contributed by atoms with Gasteiger partial charge in [-0.3, -0.25) is 0 Å². The van der Waals surface area contributed by atoms with Gasteiger partial charge in [-0.2, -0.15) is 0 Å². The summed E-state index contributed by atoms with van der Waals surface area (Å²) in [5.74, 6) is 0.266. The highest BCUT2D eigenvalue weighted by Gasteiger charge is 2.30. The number of methoxy groups -OCH3 is 1. The van der Waals surface area contributed by atoms with Crippen molar-refractivity contribution in [2.45, 2.75) is 19.8 Å². The molecule has 0 saturated heterocycles. The molecule has 0 amide bonds. The molecule has 1 aliphatic carbocycles. The maximum absolute atomic E-state index is 11.1. The lowest BCUT2D eigenvalue weighted by atomic mass is 9.97. The Morgan fingerprint density at radius 2 is 2.20 bits per heavy atom. The average Bonchev–Trinajstić information content (AvgIpc) is 3.19. The second-order valence-corrected chi connectivity index (χ2v) is 5.25. The second-order valence-electron chi connectivity index (χ2n) is 5.25. The minimum atomic E-state index is -0.886. The summed E-state index contributed by atoms with van der Waals surface area (Å²) in [6.07, 6.45) is 3.48. The number of ether oxygens (including phenoxy) is 1. The first-order valence-corrected chi connectivity index (χ1v) is 6.71. The molecule has 0 bridgehead atoms. The largest absolute Gasteiger partial charge is 0.497 e. The van der Waals surface area contributed by atoms with E-state index in [2.05, 4.69) is 4.98 Å². The number of hydrogen-bond donors (Lipinski definition) is 2. The second kappa shape index (κ2) is 4.71. The van der Waals surface area contributed by atoms with Crippen LogP contribution in [-0.4, -0.2) is 23.2 Å². The van der Waals surface area contributed by atoms with Gasteiger partial charge < -0.3 is 14.8 Å². The fourth-order valence-corrected chi connectivity index (χ4v) is 2.73. The molecular formula is C16H17NO3. The number of H-pyrrole nitrogens is 1. The van der Waals surface area contributed by atoms with Gasteiger partial charge in [-0.25, -0.2) is 4.79 Å². The molecule has 0 aliphatic heterocycles. The van der Waals surface area contributed by atoms with Crippen LogP contribution >= 0.6 is 0 Å². The van der Waals surface area contributed by atoms with Crippen molar-refractivity contribution in [2.24, 2.45) is 5.92 Å². The van der Waals surface area contributed by atoms with Crippen LogP contribution in [-0.2, 0) is 4.79 Å².